The first-order valence-electron chi connectivity index (χ1n) is 6.21. The molecule has 0 fully saturated rings. The van der Waals surface area contributed by atoms with E-state index in [1.54, 1.807) is 18.3 Å². The van der Waals surface area contributed by atoms with Crippen molar-refractivity contribution in [3.63, 3.8) is 0 Å². The van der Waals surface area contributed by atoms with Crippen LogP contribution in [0.2, 0.25) is 5.02 Å². The molecule has 3 aromatic rings. The molecule has 0 bridgehead atoms. The summed E-state index contributed by atoms with van der Waals surface area (Å²) in [4.78, 5) is 4.40. The van der Waals surface area contributed by atoms with Crippen LogP contribution in [0.1, 0.15) is 16.8 Å². The van der Waals surface area contributed by atoms with Crippen molar-refractivity contribution in [2.24, 2.45) is 0 Å². The third-order valence-electron chi connectivity index (χ3n) is 3.14. The topological polar surface area (TPSA) is 17.3 Å². The molecule has 0 amide bonds. The molecule has 0 radical (unpaired) electrons. The summed E-state index contributed by atoms with van der Waals surface area (Å²) < 4.78 is 39.3. The van der Waals surface area contributed by atoms with Gasteiger partial charge in [0.25, 0.3) is 0 Å². The Labute approximate surface area is 123 Å². The highest BCUT2D eigenvalue weighted by Gasteiger charge is 2.29. The fourth-order valence-corrected chi connectivity index (χ4v) is 2.27. The van der Waals surface area contributed by atoms with Gasteiger partial charge in [-0.3, -0.25) is 0 Å². The summed E-state index contributed by atoms with van der Waals surface area (Å²) >= 11 is 5.89. The van der Waals surface area contributed by atoms with Crippen molar-refractivity contribution in [3.05, 3.63) is 70.6 Å². The highest BCUT2D eigenvalue weighted by molar-refractivity contribution is 6.30. The van der Waals surface area contributed by atoms with Gasteiger partial charge in [0.2, 0.25) is 0 Å². The highest BCUT2D eigenvalue weighted by Crippen LogP contribution is 2.29. The summed E-state index contributed by atoms with van der Waals surface area (Å²) in [6, 6.07) is 8.60. The van der Waals surface area contributed by atoms with Crippen LogP contribution in [-0.4, -0.2) is 9.38 Å². The molecule has 6 heteroatoms. The number of hydrogen-bond acceptors (Lipinski definition) is 1. The van der Waals surface area contributed by atoms with E-state index in [9.17, 15) is 13.2 Å². The minimum atomic E-state index is -4.31. The molecule has 108 valence electrons. The number of fused-ring (bicyclic) bond motifs is 1. The van der Waals surface area contributed by atoms with Crippen molar-refractivity contribution >= 4 is 17.2 Å². The van der Waals surface area contributed by atoms with Crippen LogP contribution in [0.5, 0.6) is 0 Å². The molecule has 0 aliphatic heterocycles. The van der Waals surface area contributed by atoms with Gasteiger partial charge in [-0.1, -0.05) is 23.7 Å². The van der Waals surface area contributed by atoms with Crippen molar-refractivity contribution in [3.8, 4) is 0 Å². The number of imidazole rings is 1. The monoisotopic (exact) mass is 310 g/mol. The van der Waals surface area contributed by atoms with Gasteiger partial charge >= 0.3 is 6.18 Å². The molecule has 2 heterocycles. The average molecular weight is 311 g/mol. The van der Waals surface area contributed by atoms with E-state index in [-0.39, 0.29) is 0 Å². The van der Waals surface area contributed by atoms with Gasteiger partial charge in [0, 0.05) is 23.8 Å². The lowest BCUT2D eigenvalue weighted by atomic mass is 10.1. The van der Waals surface area contributed by atoms with Crippen LogP contribution in [0.25, 0.3) is 5.65 Å². The van der Waals surface area contributed by atoms with E-state index >= 15 is 0 Å². The summed E-state index contributed by atoms with van der Waals surface area (Å²) in [5, 5.41) is 0.592. The molecular weight excluding hydrogens is 301 g/mol. The van der Waals surface area contributed by atoms with Gasteiger partial charge in [0.1, 0.15) is 5.65 Å². The maximum absolute atomic E-state index is 12.5. The molecule has 2 aromatic heterocycles. The maximum Gasteiger partial charge on any atom is 0.416 e. The third kappa shape index (κ3) is 3.03. The quantitative estimate of drug-likeness (QED) is 0.676. The number of aromatic nitrogens is 2. The first kappa shape index (κ1) is 13.9. The molecular formula is C15H10ClF3N2. The van der Waals surface area contributed by atoms with Gasteiger partial charge in [0.15, 0.2) is 0 Å². The van der Waals surface area contributed by atoms with Crippen molar-refractivity contribution in [1.82, 2.24) is 9.38 Å². The zero-order chi connectivity index (χ0) is 15.0. The Morgan fingerprint density at radius 3 is 2.48 bits per heavy atom. The zero-order valence-electron chi connectivity index (χ0n) is 10.7. The number of benzene rings is 1. The predicted octanol–water partition coefficient (Wildman–Crippen LogP) is 4.60. The number of pyridine rings is 1. The van der Waals surface area contributed by atoms with Crippen LogP contribution in [0.3, 0.4) is 0 Å². The van der Waals surface area contributed by atoms with Crippen molar-refractivity contribution in [2.75, 3.05) is 0 Å². The molecule has 0 aliphatic rings. The zero-order valence-corrected chi connectivity index (χ0v) is 11.5. The van der Waals surface area contributed by atoms with E-state index in [4.69, 9.17) is 11.6 Å². The Morgan fingerprint density at radius 1 is 1.10 bits per heavy atom. The Morgan fingerprint density at radius 2 is 1.81 bits per heavy atom. The fourth-order valence-electron chi connectivity index (χ4n) is 2.12. The Balaban J connectivity index is 1.84. The molecule has 1 aromatic carbocycles. The molecule has 0 N–H and O–H groups in total. The van der Waals surface area contributed by atoms with E-state index < -0.39 is 11.7 Å². The summed E-state index contributed by atoms with van der Waals surface area (Å²) in [7, 11) is 0. The normalized spacial score (nSPS) is 12.0. The molecule has 2 nitrogen and oxygen atoms in total. The van der Waals surface area contributed by atoms with Gasteiger partial charge in [-0.15, -0.1) is 0 Å². The first-order chi connectivity index (χ1) is 9.91. The number of alkyl halides is 3. The van der Waals surface area contributed by atoms with Crippen LogP contribution in [-0.2, 0) is 12.6 Å². The van der Waals surface area contributed by atoms with Crippen LogP contribution in [0.4, 0.5) is 13.2 Å². The summed E-state index contributed by atoms with van der Waals surface area (Å²) in [5.74, 6) is 0. The summed E-state index contributed by atoms with van der Waals surface area (Å²) in [6.07, 6.45) is -0.208. The van der Waals surface area contributed by atoms with Gasteiger partial charge in [-0.05, 0) is 29.8 Å². The SMILES string of the molecule is FC(F)(F)c1ccc(Cc2cn3ccc(Cl)cc3n2)cc1. The van der Waals surface area contributed by atoms with E-state index in [1.807, 2.05) is 10.6 Å². The number of hydrogen-bond donors (Lipinski definition) is 0. The second-order valence-corrected chi connectivity index (χ2v) is 5.15. The molecule has 21 heavy (non-hydrogen) atoms. The first-order valence-corrected chi connectivity index (χ1v) is 6.59. The predicted molar refractivity (Wildman–Crippen MR) is 74.5 cm³/mol. The van der Waals surface area contributed by atoms with Gasteiger partial charge in [-0.2, -0.15) is 13.2 Å². The smallest absolute Gasteiger partial charge is 0.307 e. The second-order valence-electron chi connectivity index (χ2n) is 4.71. The molecule has 3 rings (SSSR count). The molecule has 0 saturated heterocycles. The van der Waals surface area contributed by atoms with E-state index in [0.29, 0.717) is 17.1 Å². The number of rotatable bonds is 2. The van der Waals surface area contributed by atoms with Gasteiger partial charge in [-0.25, -0.2) is 4.98 Å². The maximum atomic E-state index is 12.5. The average Bonchev–Trinajstić information content (AvgIpc) is 2.79. The van der Waals surface area contributed by atoms with Gasteiger partial charge in [0.05, 0.1) is 11.3 Å². The third-order valence-corrected chi connectivity index (χ3v) is 3.37. The highest BCUT2D eigenvalue weighted by atomic mass is 35.5. The molecule has 0 aliphatic carbocycles. The minimum Gasteiger partial charge on any atom is -0.307 e. The van der Waals surface area contributed by atoms with Crippen LogP contribution in [0, 0.1) is 0 Å². The number of nitrogens with zero attached hydrogens (tertiary/aromatic N) is 2. The second kappa shape index (κ2) is 5.07. The lowest BCUT2D eigenvalue weighted by Gasteiger charge is -2.06. The van der Waals surface area contributed by atoms with Crippen LogP contribution in [0.15, 0.2) is 48.8 Å². The van der Waals surface area contributed by atoms with Crippen LogP contribution >= 0.6 is 11.6 Å². The van der Waals surface area contributed by atoms with E-state index in [2.05, 4.69) is 4.98 Å². The lowest BCUT2D eigenvalue weighted by Crippen LogP contribution is -2.04. The Hall–Kier alpha value is -2.01. The largest absolute Gasteiger partial charge is 0.416 e. The Kier molecular flexibility index (Phi) is 3.37. The van der Waals surface area contributed by atoms with Crippen molar-refractivity contribution < 1.29 is 13.2 Å². The van der Waals surface area contributed by atoms with E-state index in [1.165, 1.54) is 12.1 Å². The fraction of sp³-hybridized carbons (Fsp3) is 0.133. The molecule has 0 unspecified atom stereocenters. The number of halogens is 4. The summed E-state index contributed by atoms with van der Waals surface area (Å²) in [5.41, 5.74) is 1.62. The summed E-state index contributed by atoms with van der Waals surface area (Å²) in [6.45, 7) is 0. The lowest BCUT2D eigenvalue weighted by molar-refractivity contribution is -0.137. The van der Waals surface area contributed by atoms with Gasteiger partial charge < -0.3 is 4.40 Å². The Bertz CT molecular complexity index is 776. The van der Waals surface area contributed by atoms with Crippen molar-refractivity contribution in [1.29, 1.82) is 0 Å². The minimum absolute atomic E-state index is 0.470. The molecule has 0 spiro atoms. The standard InChI is InChI=1S/C15H10ClF3N2/c16-12-5-6-21-9-13(20-14(21)8-12)7-10-1-3-11(4-2-10)15(17,18)19/h1-6,8-9H,7H2. The molecule has 0 atom stereocenters. The van der Waals surface area contributed by atoms with Crippen LogP contribution < -0.4 is 0 Å². The van der Waals surface area contributed by atoms with Crippen molar-refractivity contribution in [2.45, 2.75) is 12.6 Å². The van der Waals surface area contributed by atoms with E-state index in [0.717, 1.165) is 23.4 Å². The molecule has 0 saturated carbocycles.